The van der Waals surface area contributed by atoms with Gasteiger partial charge >= 0.3 is 0 Å². The molecular formula is C11H21NO2S2. The highest BCUT2D eigenvalue weighted by atomic mass is 32.2. The fraction of sp³-hybridized carbons (Fsp3) is 1.00. The van der Waals surface area contributed by atoms with Crippen molar-refractivity contribution in [2.75, 3.05) is 30.3 Å². The summed E-state index contributed by atoms with van der Waals surface area (Å²) < 4.78 is 23.0. The first-order valence-corrected chi connectivity index (χ1v) is 8.47. The van der Waals surface area contributed by atoms with Crippen molar-refractivity contribution in [2.45, 2.75) is 32.2 Å². The third-order valence-electron chi connectivity index (χ3n) is 4.10. The minimum atomic E-state index is -2.78. The first kappa shape index (κ1) is 12.7. The molecule has 2 aliphatic rings. The highest BCUT2D eigenvalue weighted by Crippen LogP contribution is 2.42. The lowest BCUT2D eigenvalue weighted by atomic mass is 9.70. The summed E-state index contributed by atoms with van der Waals surface area (Å²) in [5, 5.41) is 0. The lowest BCUT2D eigenvalue weighted by Crippen LogP contribution is -2.53. The Hall–Kier alpha value is 0.260. The van der Waals surface area contributed by atoms with E-state index >= 15 is 0 Å². The molecule has 1 atom stereocenters. The molecule has 0 N–H and O–H groups in total. The van der Waals surface area contributed by atoms with Gasteiger partial charge in [0.2, 0.25) is 0 Å². The van der Waals surface area contributed by atoms with Crippen LogP contribution in [-0.4, -0.2) is 49.7 Å². The molecule has 3 nitrogen and oxygen atoms in total. The third kappa shape index (κ3) is 2.57. The van der Waals surface area contributed by atoms with Gasteiger partial charge in [-0.05, 0) is 30.9 Å². The van der Waals surface area contributed by atoms with Crippen molar-refractivity contribution in [3.05, 3.63) is 0 Å². The van der Waals surface area contributed by atoms with Crippen LogP contribution in [-0.2, 0) is 9.84 Å². The summed E-state index contributed by atoms with van der Waals surface area (Å²) >= 11 is 4.45. The summed E-state index contributed by atoms with van der Waals surface area (Å²) in [6.45, 7) is 3.77. The molecule has 0 aromatic heterocycles. The summed E-state index contributed by atoms with van der Waals surface area (Å²) in [5.74, 6) is 1.60. The molecule has 0 radical (unpaired) electrons. The Morgan fingerprint density at radius 1 is 1.44 bits per heavy atom. The van der Waals surface area contributed by atoms with E-state index in [1.54, 1.807) is 0 Å². The molecule has 94 valence electrons. The summed E-state index contributed by atoms with van der Waals surface area (Å²) in [5.41, 5.74) is 0.373. The average Bonchev–Trinajstić information content (AvgIpc) is 2.13. The molecule has 5 heteroatoms. The van der Waals surface area contributed by atoms with Crippen molar-refractivity contribution in [1.82, 2.24) is 4.90 Å². The van der Waals surface area contributed by atoms with Gasteiger partial charge in [0.1, 0.15) is 0 Å². The molecule has 16 heavy (non-hydrogen) atoms. The van der Waals surface area contributed by atoms with E-state index in [1.807, 2.05) is 6.92 Å². The topological polar surface area (TPSA) is 37.4 Å². The quantitative estimate of drug-likeness (QED) is 0.778. The first-order chi connectivity index (χ1) is 7.46. The predicted octanol–water partition coefficient (Wildman–Crippen LogP) is 1.21. The predicted molar refractivity (Wildman–Crippen MR) is 69.8 cm³/mol. The second-order valence-electron chi connectivity index (χ2n) is 5.45. The van der Waals surface area contributed by atoms with Crippen LogP contribution in [0.1, 0.15) is 26.2 Å². The second kappa shape index (κ2) is 4.50. The molecule has 1 heterocycles. The van der Waals surface area contributed by atoms with Crippen LogP contribution in [0.4, 0.5) is 0 Å². The van der Waals surface area contributed by atoms with Gasteiger partial charge in [-0.1, -0.05) is 6.42 Å². The van der Waals surface area contributed by atoms with Gasteiger partial charge in [-0.25, -0.2) is 8.42 Å². The van der Waals surface area contributed by atoms with Gasteiger partial charge in [0, 0.05) is 19.1 Å². The van der Waals surface area contributed by atoms with Crippen molar-refractivity contribution in [3.8, 4) is 0 Å². The van der Waals surface area contributed by atoms with Gasteiger partial charge in [0.15, 0.2) is 9.84 Å². The van der Waals surface area contributed by atoms with Crippen LogP contribution in [0.25, 0.3) is 0 Å². The molecule has 0 aromatic rings. The molecule has 1 aliphatic heterocycles. The van der Waals surface area contributed by atoms with Crippen LogP contribution >= 0.6 is 12.6 Å². The Balaban J connectivity index is 1.96. The van der Waals surface area contributed by atoms with E-state index in [4.69, 9.17) is 0 Å². The highest BCUT2D eigenvalue weighted by molar-refractivity contribution is 7.91. The van der Waals surface area contributed by atoms with Gasteiger partial charge in [-0.2, -0.15) is 12.6 Å². The Kier molecular flexibility index (Phi) is 3.57. The van der Waals surface area contributed by atoms with Gasteiger partial charge in [-0.3, -0.25) is 4.90 Å². The van der Waals surface area contributed by atoms with E-state index < -0.39 is 9.84 Å². The first-order valence-electron chi connectivity index (χ1n) is 6.02. The van der Waals surface area contributed by atoms with Crippen LogP contribution in [0.5, 0.6) is 0 Å². The SMILES string of the molecule is CC1CS(=O)(=O)CCN1CC1(CS)CCC1. The fourth-order valence-electron chi connectivity index (χ4n) is 2.74. The zero-order valence-corrected chi connectivity index (χ0v) is 11.6. The van der Waals surface area contributed by atoms with E-state index in [0.717, 1.165) is 12.3 Å². The lowest BCUT2D eigenvalue weighted by Gasteiger charge is -2.46. The monoisotopic (exact) mass is 263 g/mol. The summed E-state index contributed by atoms with van der Waals surface area (Å²) in [7, 11) is -2.78. The van der Waals surface area contributed by atoms with Crippen molar-refractivity contribution < 1.29 is 8.42 Å². The Morgan fingerprint density at radius 3 is 2.56 bits per heavy atom. The number of sulfone groups is 1. The van der Waals surface area contributed by atoms with Gasteiger partial charge in [0.25, 0.3) is 0 Å². The molecule has 1 unspecified atom stereocenters. The maximum Gasteiger partial charge on any atom is 0.153 e. The molecule has 1 saturated carbocycles. The zero-order chi connectivity index (χ0) is 11.8. The average molecular weight is 263 g/mol. The zero-order valence-electron chi connectivity index (χ0n) is 9.85. The van der Waals surface area contributed by atoms with Crippen LogP contribution in [0, 0.1) is 5.41 Å². The van der Waals surface area contributed by atoms with Gasteiger partial charge in [0.05, 0.1) is 11.5 Å². The van der Waals surface area contributed by atoms with Crippen LogP contribution in [0.3, 0.4) is 0 Å². The van der Waals surface area contributed by atoms with Gasteiger partial charge < -0.3 is 0 Å². The summed E-state index contributed by atoms with van der Waals surface area (Å²) in [6, 6.07) is 0.177. The third-order valence-corrected chi connectivity index (χ3v) is 6.56. The number of thiol groups is 1. The molecule has 2 rings (SSSR count). The smallest absolute Gasteiger partial charge is 0.153 e. The number of rotatable bonds is 3. The molecule has 2 fully saturated rings. The molecule has 0 spiro atoms. The number of hydrogen-bond donors (Lipinski definition) is 1. The fourth-order valence-corrected chi connectivity index (χ4v) is 4.78. The summed E-state index contributed by atoms with van der Waals surface area (Å²) in [6.07, 6.45) is 3.82. The van der Waals surface area contributed by atoms with E-state index in [9.17, 15) is 8.42 Å². The Bertz CT molecular complexity index is 343. The second-order valence-corrected chi connectivity index (χ2v) is 7.99. The molecule has 0 bridgehead atoms. The van der Waals surface area contributed by atoms with Crippen LogP contribution in [0.15, 0.2) is 0 Å². The van der Waals surface area contributed by atoms with E-state index in [0.29, 0.717) is 23.5 Å². The Labute approximate surface area is 104 Å². The maximum atomic E-state index is 11.5. The van der Waals surface area contributed by atoms with E-state index in [-0.39, 0.29) is 6.04 Å². The number of hydrogen-bond acceptors (Lipinski definition) is 4. The lowest BCUT2D eigenvalue weighted by molar-refractivity contribution is 0.0746. The standard InChI is InChI=1S/C11H21NO2S2/c1-10-7-16(13,14)6-5-12(10)8-11(9-15)3-2-4-11/h10,15H,2-9H2,1H3. The van der Waals surface area contributed by atoms with Crippen LogP contribution < -0.4 is 0 Å². The van der Waals surface area contributed by atoms with Gasteiger partial charge in [-0.15, -0.1) is 0 Å². The molecule has 0 amide bonds. The number of nitrogens with zero attached hydrogens (tertiary/aromatic N) is 1. The molecular weight excluding hydrogens is 242 g/mol. The normalized spacial score (nSPS) is 33.2. The van der Waals surface area contributed by atoms with Crippen molar-refractivity contribution in [1.29, 1.82) is 0 Å². The highest BCUT2D eigenvalue weighted by Gasteiger charge is 2.39. The molecule has 0 aromatic carbocycles. The largest absolute Gasteiger partial charge is 0.298 e. The minimum absolute atomic E-state index is 0.177. The Morgan fingerprint density at radius 2 is 2.12 bits per heavy atom. The summed E-state index contributed by atoms with van der Waals surface area (Å²) in [4.78, 5) is 2.34. The molecule has 1 saturated heterocycles. The van der Waals surface area contributed by atoms with Crippen LogP contribution in [0.2, 0.25) is 0 Å². The maximum absolute atomic E-state index is 11.5. The minimum Gasteiger partial charge on any atom is -0.298 e. The molecule has 1 aliphatic carbocycles. The van der Waals surface area contributed by atoms with Crippen molar-refractivity contribution in [2.24, 2.45) is 5.41 Å². The van der Waals surface area contributed by atoms with Crippen molar-refractivity contribution >= 4 is 22.5 Å². The van der Waals surface area contributed by atoms with E-state index in [2.05, 4.69) is 17.5 Å². The van der Waals surface area contributed by atoms with Crippen molar-refractivity contribution in [3.63, 3.8) is 0 Å². The van der Waals surface area contributed by atoms with E-state index in [1.165, 1.54) is 19.3 Å².